The molecule has 0 fully saturated rings. The zero-order chi connectivity index (χ0) is 15.0. The zero-order valence-electron chi connectivity index (χ0n) is 11.6. The van der Waals surface area contributed by atoms with Crippen molar-refractivity contribution in [2.75, 3.05) is 0 Å². The summed E-state index contributed by atoms with van der Waals surface area (Å²) >= 11 is 11.8. The van der Waals surface area contributed by atoms with Crippen LogP contribution in [0.5, 0.6) is 0 Å². The number of benzene rings is 2. The van der Waals surface area contributed by atoms with Crippen LogP contribution in [-0.2, 0) is 0 Å². The van der Waals surface area contributed by atoms with Gasteiger partial charge in [0.2, 0.25) is 0 Å². The number of carboxylic acids is 1. The number of halogens is 2. The maximum atomic E-state index is 11.4. The fourth-order valence-corrected chi connectivity index (χ4v) is 2.43. The van der Waals surface area contributed by atoms with E-state index in [1.165, 1.54) is 6.07 Å². The summed E-state index contributed by atoms with van der Waals surface area (Å²) in [6, 6.07) is 13.4. The number of carboxylic acid groups (broad SMARTS) is 1. The molecule has 1 heterocycles. The monoisotopic (exact) mass is 355 g/mol. The van der Waals surface area contributed by atoms with E-state index in [1.54, 1.807) is 42.5 Å². The first-order chi connectivity index (χ1) is 10.0. The fraction of sp³-hybridized carbons (Fsp3) is 0. The van der Waals surface area contributed by atoms with Gasteiger partial charge in [-0.3, -0.25) is 0 Å². The van der Waals surface area contributed by atoms with Crippen LogP contribution >= 0.6 is 23.2 Å². The second-order valence-corrected chi connectivity index (χ2v) is 5.38. The third-order valence-corrected chi connectivity index (χ3v) is 3.62. The van der Waals surface area contributed by atoms with Crippen molar-refractivity contribution >= 4 is 40.1 Å². The SMILES string of the molecule is O=C([O-])c1cc(-c2ccc(Cl)cc2)nc2ccc(Cl)cc12.[K+]. The van der Waals surface area contributed by atoms with Crippen LogP contribution in [-0.4, -0.2) is 11.0 Å². The molecule has 3 nitrogen and oxygen atoms in total. The Balaban J connectivity index is 0.00000176. The van der Waals surface area contributed by atoms with Crippen molar-refractivity contribution < 1.29 is 61.3 Å². The van der Waals surface area contributed by atoms with E-state index < -0.39 is 5.97 Å². The number of rotatable bonds is 2. The number of carbonyl (C=O) groups excluding carboxylic acids is 1. The molecule has 22 heavy (non-hydrogen) atoms. The Bertz CT molecular complexity index is 851. The summed E-state index contributed by atoms with van der Waals surface area (Å²) in [6.07, 6.45) is 0. The number of hydrogen-bond acceptors (Lipinski definition) is 3. The van der Waals surface area contributed by atoms with Crippen molar-refractivity contribution in [2.24, 2.45) is 0 Å². The summed E-state index contributed by atoms with van der Waals surface area (Å²) in [5, 5.41) is 12.9. The van der Waals surface area contributed by atoms with Gasteiger partial charge in [-0.05, 0) is 36.4 Å². The molecule has 0 spiro atoms. The van der Waals surface area contributed by atoms with Gasteiger partial charge in [-0.1, -0.05) is 35.3 Å². The van der Waals surface area contributed by atoms with E-state index in [1.807, 2.05) is 0 Å². The maximum absolute atomic E-state index is 11.4. The van der Waals surface area contributed by atoms with Crippen molar-refractivity contribution in [2.45, 2.75) is 0 Å². The molecule has 0 aliphatic carbocycles. The summed E-state index contributed by atoms with van der Waals surface area (Å²) in [4.78, 5) is 15.8. The van der Waals surface area contributed by atoms with Crippen molar-refractivity contribution in [3.8, 4) is 11.3 Å². The molecule has 3 aromatic rings. The number of aromatic carboxylic acids is 1. The van der Waals surface area contributed by atoms with Gasteiger partial charge < -0.3 is 9.90 Å². The molecule has 0 N–H and O–H groups in total. The van der Waals surface area contributed by atoms with Gasteiger partial charge in [0.15, 0.2) is 0 Å². The normalized spacial score (nSPS) is 10.3. The smallest absolute Gasteiger partial charge is 0.545 e. The molecule has 0 amide bonds. The first-order valence-electron chi connectivity index (χ1n) is 6.12. The first kappa shape index (κ1) is 17.9. The average molecular weight is 356 g/mol. The number of pyridine rings is 1. The topological polar surface area (TPSA) is 53.0 Å². The standard InChI is InChI=1S/C16H9Cl2NO2.K/c17-10-3-1-9(2-4-10)15-8-13(16(20)21)12-7-11(18)5-6-14(12)19-15;/h1-8H,(H,20,21);/q;+1/p-1. The Morgan fingerprint density at radius 2 is 1.59 bits per heavy atom. The van der Waals surface area contributed by atoms with Crippen LogP contribution in [0.2, 0.25) is 10.0 Å². The van der Waals surface area contributed by atoms with Crippen LogP contribution in [0.4, 0.5) is 0 Å². The van der Waals surface area contributed by atoms with Crippen LogP contribution in [0.15, 0.2) is 48.5 Å². The molecule has 0 aliphatic heterocycles. The molecule has 0 unspecified atom stereocenters. The second-order valence-electron chi connectivity index (χ2n) is 4.51. The molecular formula is C16H8Cl2KNO2. The second kappa shape index (κ2) is 7.40. The van der Waals surface area contributed by atoms with Crippen molar-refractivity contribution in [1.82, 2.24) is 4.98 Å². The minimum absolute atomic E-state index is 0. The average Bonchev–Trinajstić information content (AvgIpc) is 2.46. The largest absolute Gasteiger partial charge is 1.00 e. The Morgan fingerprint density at radius 1 is 0.955 bits per heavy atom. The van der Waals surface area contributed by atoms with Crippen molar-refractivity contribution in [3.05, 3.63) is 64.1 Å². The number of carbonyl (C=O) groups is 1. The third-order valence-electron chi connectivity index (χ3n) is 3.13. The number of nitrogens with zero attached hydrogens (tertiary/aromatic N) is 1. The van der Waals surface area contributed by atoms with E-state index in [0.29, 0.717) is 26.6 Å². The zero-order valence-corrected chi connectivity index (χ0v) is 16.3. The van der Waals surface area contributed by atoms with Gasteiger partial charge >= 0.3 is 51.4 Å². The van der Waals surface area contributed by atoms with Gasteiger partial charge in [-0.2, -0.15) is 0 Å². The molecule has 6 heteroatoms. The third kappa shape index (κ3) is 3.71. The molecule has 0 saturated heterocycles. The van der Waals surface area contributed by atoms with E-state index in [-0.39, 0.29) is 56.9 Å². The summed E-state index contributed by atoms with van der Waals surface area (Å²) in [6.45, 7) is 0. The molecule has 0 bridgehead atoms. The fourth-order valence-electron chi connectivity index (χ4n) is 2.14. The van der Waals surface area contributed by atoms with E-state index in [2.05, 4.69) is 4.98 Å². The molecule has 0 aliphatic rings. The Labute approximate surface area is 179 Å². The molecule has 0 atom stereocenters. The predicted molar refractivity (Wildman–Crippen MR) is 81.5 cm³/mol. The van der Waals surface area contributed by atoms with Crippen LogP contribution in [0, 0.1) is 0 Å². The summed E-state index contributed by atoms with van der Waals surface area (Å²) in [5.74, 6) is -1.26. The molecule has 3 rings (SSSR count). The molecule has 0 radical (unpaired) electrons. The molecular weight excluding hydrogens is 348 g/mol. The van der Waals surface area contributed by atoms with Crippen LogP contribution in [0.1, 0.15) is 10.4 Å². The molecule has 1 aromatic heterocycles. The summed E-state index contributed by atoms with van der Waals surface area (Å²) < 4.78 is 0. The van der Waals surface area contributed by atoms with Crippen molar-refractivity contribution in [3.63, 3.8) is 0 Å². The van der Waals surface area contributed by atoms with Gasteiger partial charge in [0.1, 0.15) is 0 Å². The van der Waals surface area contributed by atoms with E-state index >= 15 is 0 Å². The van der Waals surface area contributed by atoms with Gasteiger partial charge in [-0.15, -0.1) is 0 Å². The molecule has 104 valence electrons. The van der Waals surface area contributed by atoms with Gasteiger partial charge in [0.25, 0.3) is 0 Å². The number of hydrogen-bond donors (Lipinski definition) is 0. The van der Waals surface area contributed by atoms with Crippen LogP contribution in [0.25, 0.3) is 22.2 Å². The number of fused-ring (bicyclic) bond motifs is 1. The Kier molecular flexibility index (Phi) is 6.02. The Hall–Kier alpha value is -0.464. The van der Waals surface area contributed by atoms with E-state index in [4.69, 9.17) is 23.2 Å². The number of aromatic nitrogens is 1. The molecule has 2 aromatic carbocycles. The summed E-state index contributed by atoms with van der Waals surface area (Å²) in [7, 11) is 0. The minimum Gasteiger partial charge on any atom is -0.545 e. The van der Waals surface area contributed by atoms with E-state index in [0.717, 1.165) is 5.56 Å². The van der Waals surface area contributed by atoms with Gasteiger partial charge in [0.05, 0.1) is 17.2 Å². The minimum atomic E-state index is -1.26. The predicted octanol–water partition coefficient (Wildman–Crippen LogP) is 0.576. The molecule has 0 saturated carbocycles. The van der Waals surface area contributed by atoms with Gasteiger partial charge in [-0.25, -0.2) is 4.98 Å². The van der Waals surface area contributed by atoms with Gasteiger partial charge in [0, 0.05) is 26.6 Å². The van der Waals surface area contributed by atoms with E-state index in [9.17, 15) is 9.90 Å². The first-order valence-corrected chi connectivity index (χ1v) is 6.88. The Morgan fingerprint density at radius 3 is 2.23 bits per heavy atom. The summed E-state index contributed by atoms with van der Waals surface area (Å²) in [5.41, 5.74) is 1.93. The van der Waals surface area contributed by atoms with Crippen LogP contribution < -0.4 is 56.5 Å². The maximum Gasteiger partial charge on any atom is 1.00 e. The quantitative estimate of drug-likeness (QED) is 0.631. The van der Waals surface area contributed by atoms with Crippen LogP contribution in [0.3, 0.4) is 0 Å². The van der Waals surface area contributed by atoms with Crippen molar-refractivity contribution in [1.29, 1.82) is 0 Å².